The summed E-state index contributed by atoms with van der Waals surface area (Å²) in [6.45, 7) is -0.305. The van der Waals surface area contributed by atoms with E-state index in [-0.39, 0.29) is 23.4 Å². The Balaban J connectivity index is 1.80. The number of hydrogen-bond acceptors (Lipinski definition) is 7. The lowest BCUT2D eigenvalue weighted by molar-refractivity contribution is -0.384. The summed E-state index contributed by atoms with van der Waals surface area (Å²) >= 11 is 0. The van der Waals surface area contributed by atoms with Gasteiger partial charge in [0.15, 0.2) is 11.2 Å². The Hall–Kier alpha value is -3.63. The van der Waals surface area contributed by atoms with Crippen molar-refractivity contribution in [2.24, 2.45) is 7.05 Å². The average Bonchev–Trinajstić information content (AvgIpc) is 2.92. The second-order valence-electron chi connectivity index (χ2n) is 4.92. The number of carbonyl (C=O) groups is 1. The van der Waals surface area contributed by atoms with Crippen molar-refractivity contribution in [3.05, 3.63) is 51.1 Å². The van der Waals surface area contributed by atoms with Crippen LogP contribution in [-0.2, 0) is 18.4 Å². The van der Waals surface area contributed by atoms with E-state index in [1.165, 1.54) is 35.3 Å². The van der Waals surface area contributed by atoms with E-state index >= 15 is 0 Å². The van der Waals surface area contributed by atoms with Gasteiger partial charge in [-0.15, -0.1) is 5.10 Å². The van der Waals surface area contributed by atoms with Crippen LogP contribution in [0, 0.1) is 10.1 Å². The molecule has 0 radical (unpaired) electrons. The van der Waals surface area contributed by atoms with Gasteiger partial charge in [-0.3, -0.25) is 24.3 Å². The van der Waals surface area contributed by atoms with E-state index in [0.29, 0.717) is 5.65 Å². The summed E-state index contributed by atoms with van der Waals surface area (Å²) in [5.41, 5.74) is -0.0100. The van der Waals surface area contributed by atoms with Crippen LogP contribution in [0.1, 0.15) is 0 Å². The minimum atomic E-state index is -0.563. The van der Waals surface area contributed by atoms with Gasteiger partial charge in [0.2, 0.25) is 5.91 Å². The first-order valence-electron chi connectivity index (χ1n) is 6.75. The number of nitro groups is 1. The van der Waals surface area contributed by atoms with Gasteiger partial charge in [-0.2, -0.15) is 0 Å². The van der Waals surface area contributed by atoms with Crippen LogP contribution in [0.15, 0.2) is 35.4 Å². The van der Waals surface area contributed by atoms with Crippen LogP contribution >= 0.6 is 0 Å². The van der Waals surface area contributed by atoms with Crippen LogP contribution in [-0.4, -0.2) is 35.4 Å². The Morgan fingerprint density at radius 1 is 1.42 bits per heavy atom. The van der Waals surface area contributed by atoms with Crippen LogP contribution in [0.3, 0.4) is 0 Å². The van der Waals surface area contributed by atoms with Gasteiger partial charge in [-0.05, 0) is 6.07 Å². The molecule has 0 saturated carbocycles. The van der Waals surface area contributed by atoms with Crippen LogP contribution in [0.5, 0.6) is 0 Å². The molecule has 0 unspecified atom stereocenters. The lowest BCUT2D eigenvalue weighted by Gasteiger charge is -2.07. The van der Waals surface area contributed by atoms with Gasteiger partial charge in [0.25, 0.3) is 11.2 Å². The molecule has 24 heavy (non-hydrogen) atoms. The van der Waals surface area contributed by atoms with Crippen molar-refractivity contribution >= 4 is 28.4 Å². The number of aryl methyl sites for hydroxylation is 1. The van der Waals surface area contributed by atoms with Crippen molar-refractivity contribution in [1.29, 1.82) is 0 Å². The zero-order valence-corrected chi connectivity index (χ0v) is 12.4. The molecule has 0 aliphatic carbocycles. The third-order valence-corrected chi connectivity index (χ3v) is 3.23. The lowest BCUT2D eigenvalue weighted by atomic mass is 10.3. The van der Waals surface area contributed by atoms with E-state index in [2.05, 4.69) is 20.6 Å². The van der Waals surface area contributed by atoms with Gasteiger partial charge < -0.3 is 5.32 Å². The molecule has 3 rings (SSSR count). The number of nitrogens with one attached hydrogen (secondary N) is 1. The Morgan fingerprint density at radius 2 is 2.21 bits per heavy atom. The highest BCUT2D eigenvalue weighted by Gasteiger charge is 2.13. The monoisotopic (exact) mass is 329 g/mol. The molecule has 11 heteroatoms. The number of nitrogens with zero attached hydrogens (tertiary/aromatic N) is 6. The minimum Gasteiger partial charge on any atom is -0.324 e. The molecular formula is C13H11N7O4. The van der Waals surface area contributed by atoms with E-state index in [0.717, 1.165) is 4.57 Å². The van der Waals surface area contributed by atoms with E-state index < -0.39 is 16.4 Å². The molecule has 0 spiro atoms. The molecule has 2 aromatic heterocycles. The highest BCUT2D eigenvalue weighted by atomic mass is 16.6. The standard InChI is InChI=1S/C13H11N7O4/c1-18-12-11(16-17-18)13(22)19(7-14-12)6-10(21)15-8-3-2-4-9(5-8)20(23)24/h2-5,7H,6H2,1H3,(H,15,21). The second-order valence-corrected chi connectivity index (χ2v) is 4.92. The Bertz CT molecular complexity index is 1010. The predicted octanol–water partition coefficient (Wildman–Crippen LogP) is 0.0719. The van der Waals surface area contributed by atoms with Crippen LogP contribution in [0.2, 0.25) is 0 Å². The fourth-order valence-electron chi connectivity index (χ4n) is 2.11. The Kier molecular flexibility index (Phi) is 3.74. The summed E-state index contributed by atoms with van der Waals surface area (Å²) in [4.78, 5) is 38.5. The van der Waals surface area contributed by atoms with Crippen molar-refractivity contribution in [2.45, 2.75) is 6.54 Å². The number of nitro benzene ring substituents is 1. The van der Waals surface area contributed by atoms with Gasteiger partial charge in [0.05, 0.1) is 4.92 Å². The number of hydrogen-bond donors (Lipinski definition) is 1. The highest BCUT2D eigenvalue weighted by Crippen LogP contribution is 2.16. The molecule has 0 aliphatic rings. The largest absolute Gasteiger partial charge is 0.324 e. The number of benzene rings is 1. The summed E-state index contributed by atoms with van der Waals surface area (Å²) in [6, 6.07) is 5.50. The first kappa shape index (κ1) is 15.3. The molecule has 0 saturated heterocycles. The molecular weight excluding hydrogens is 318 g/mol. The van der Waals surface area contributed by atoms with Crippen LogP contribution in [0.4, 0.5) is 11.4 Å². The third-order valence-electron chi connectivity index (χ3n) is 3.23. The second kappa shape index (κ2) is 5.87. The van der Waals surface area contributed by atoms with Crippen molar-refractivity contribution in [1.82, 2.24) is 24.5 Å². The maximum absolute atomic E-state index is 12.2. The summed E-state index contributed by atoms with van der Waals surface area (Å²) in [7, 11) is 1.60. The van der Waals surface area contributed by atoms with Gasteiger partial charge in [-0.25, -0.2) is 9.67 Å². The van der Waals surface area contributed by atoms with E-state index in [1.54, 1.807) is 7.05 Å². The topological polar surface area (TPSA) is 138 Å². The van der Waals surface area contributed by atoms with Crippen LogP contribution in [0.25, 0.3) is 11.2 Å². The summed E-state index contributed by atoms with van der Waals surface area (Å²) in [5, 5.41) is 20.6. The third kappa shape index (κ3) is 2.82. The maximum Gasteiger partial charge on any atom is 0.283 e. The van der Waals surface area contributed by atoms with Crippen molar-refractivity contribution in [3.8, 4) is 0 Å². The number of carbonyl (C=O) groups excluding carboxylic acids is 1. The zero-order valence-electron chi connectivity index (χ0n) is 12.4. The summed E-state index contributed by atoms with van der Waals surface area (Å²) in [6.07, 6.45) is 1.22. The fraction of sp³-hybridized carbons (Fsp3) is 0.154. The smallest absolute Gasteiger partial charge is 0.283 e. The molecule has 1 N–H and O–H groups in total. The summed E-state index contributed by atoms with van der Waals surface area (Å²) in [5.74, 6) is -0.525. The molecule has 0 atom stereocenters. The fourth-order valence-corrected chi connectivity index (χ4v) is 2.11. The molecule has 0 bridgehead atoms. The van der Waals surface area contributed by atoms with Gasteiger partial charge in [0.1, 0.15) is 12.9 Å². The minimum absolute atomic E-state index is 0.0585. The quantitative estimate of drug-likeness (QED) is 0.528. The number of anilines is 1. The maximum atomic E-state index is 12.2. The number of amides is 1. The molecule has 11 nitrogen and oxygen atoms in total. The molecule has 3 aromatic rings. The van der Waals surface area contributed by atoms with Gasteiger partial charge >= 0.3 is 0 Å². The molecule has 0 aliphatic heterocycles. The predicted molar refractivity (Wildman–Crippen MR) is 82.3 cm³/mol. The molecule has 122 valence electrons. The number of fused-ring (bicyclic) bond motifs is 1. The van der Waals surface area contributed by atoms with Crippen molar-refractivity contribution in [3.63, 3.8) is 0 Å². The molecule has 0 fully saturated rings. The first-order valence-corrected chi connectivity index (χ1v) is 6.75. The number of aromatic nitrogens is 5. The molecule has 2 heterocycles. The van der Waals surface area contributed by atoms with E-state index in [4.69, 9.17) is 0 Å². The Labute approximate surface area is 133 Å². The van der Waals surface area contributed by atoms with Crippen molar-refractivity contribution < 1.29 is 9.72 Å². The van der Waals surface area contributed by atoms with Crippen LogP contribution < -0.4 is 10.9 Å². The van der Waals surface area contributed by atoms with Gasteiger partial charge in [0, 0.05) is 24.9 Å². The SMILES string of the molecule is Cn1nnc2c(=O)n(CC(=O)Nc3cccc([N+](=O)[O-])c3)cnc21. The summed E-state index contributed by atoms with van der Waals surface area (Å²) < 4.78 is 2.44. The number of non-ortho nitro benzene ring substituents is 1. The molecule has 1 aromatic carbocycles. The molecule has 1 amide bonds. The number of rotatable bonds is 4. The Morgan fingerprint density at radius 3 is 2.96 bits per heavy atom. The van der Waals surface area contributed by atoms with Gasteiger partial charge in [-0.1, -0.05) is 11.3 Å². The zero-order chi connectivity index (χ0) is 17.3. The highest BCUT2D eigenvalue weighted by molar-refractivity contribution is 5.91. The lowest BCUT2D eigenvalue weighted by Crippen LogP contribution is -2.28. The normalized spacial score (nSPS) is 10.7. The van der Waals surface area contributed by atoms with E-state index in [1.807, 2.05) is 0 Å². The average molecular weight is 329 g/mol. The van der Waals surface area contributed by atoms with E-state index in [9.17, 15) is 19.7 Å². The van der Waals surface area contributed by atoms with Crippen molar-refractivity contribution in [2.75, 3.05) is 5.32 Å². The first-order chi connectivity index (χ1) is 11.5.